The molecule has 0 amide bonds. The van der Waals surface area contributed by atoms with Gasteiger partial charge in [-0.05, 0) is 38.1 Å². The van der Waals surface area contributed by atoms with E-state index in [1.165, 1.54) is 25.3 Å². The minimum Gasteiger partial charge on any atom is -0.486 e. The summed E-state index contributed by atoms with van der Waals surface area (Å²) in [4.78, 5) is 0. The van der Waals surface area contributed by atoms with Crippen molar-refractivity contribution in [3.8, 4) is 5.75 Å². The van der Waals surface area contributed by atoms with Crippen LogP contribution in [0.2, 0.25) is 0 Å². The molecular formula is C14H21BrFNO. The number of halogens is 2. The van der Waals surface area contributed by atoms with E-state index >= 15 is 0 Å². The topological polar surface area (TPSA) is 21.3 Å². The average Bonchev–Trinajstić information content (AvgIpc) is 2.32. The van der Waals surface area contributed by atoms with E-state index in [4.69, 9.17) is 4.74 Å². The van der Waals surface area contributed by atoms with Crippen molar-refractivity contribution >= 4 is 15.9 Å². The number of ether oxygens (including phenoxy) is 1. The van der Waals surface area contributed by atoms with Gasteiger partial charge in [-0.3, -0.25) is 0 Å². The van der Waals surface area contributed by atoms with Crippen molar-refractivity contribution in [3.63, 3.8) is 0 Å². The summed E-state index contributed by atoms with van der Waals surface area (Å²) in [5.41, 5.74) is 0. The third kappa shape index (κ3) is 5.83. The molecule has 18 heavy (non-hydrogen) atoms. The molecule has 0 saturated heterocycles. The van der Waals surface area contributed by atoms with Crippen LogP contribution < -0.4 is 10.1 Å². The molecule has 0 fully saturated rings. The van der Waals surface area contributed by atoms with Crippen LogP contribution in [0, 0.1) is 5.82 Å². The summed E-state index contributed by atoms with van der Waals surface area (Å²) in [7, 11) is 0. The van der Waals surface area contributed by atoms with Gasteiger partial charge in [0.2, 0.25) is 0 Å². The van der Waals surface area contributed by atoms with Gasteiger partial charge in [0.25, 0.3) is 0 Å². The maximum absolute atomic E-state index is 13.5. The zero-order valence-electron chi connectivity index (χ0n) is 11.0. The first kappa shape index (κ1) is 15.4. The Hall–Kier alpha value is -0.610. The summed E-state index contributed by atoms with van der Waals surface area (Å²) in [6, 6.07) is 4.84. The minimum atomic E-state index is -0.331. The molecule has 1 rings (SSSR count). The van der Waals surface area contributed by atoms with Gasteiger partial charge in [0.05, 0.1) is 0 Å². The van der Waals surface area contributed by atoms with Crippen molar-refractivity contribution < 1.29 is 9.13 Å². The van der Waals surface area contributed by atoms with Gasteiger partial charge in [-0.25, -0.2) is 4.39 Å². The highest BCUT2D eigenvalue weighted by Gasteiger charge is 2.08. The summed E-state index contributed by atoms with van der Waals surface area (Å²) < 4.78 is 19.8. The predicted molar refractivity (Wildman–Crippen MR) is 76.6 cm³/mol. The molecule has 1 unspecified atom stereocenters. The smallest absolute Gasteiger partial charge is 0.166 e. The molecule has 0 aliphatic carbocycles. The molecule has 1 N–H and O–H groups in total. The quantitative estimate of drug-likeness (QED) is 0.728. The van der Waals surface area contributed by atoms with Gasteiger partial charge < -0.3 is 10.1 Å². The van der Waals surface area contributed by atoms with Gasteiger partial charge >= 0.3 is 0 Å². The maximum Gasteiger partial charge on any atom is 0.166 e. The SMILES string of the molecule is CCCCCNCC(C)Oc1ccc(Br)cc1F. The highest BCUT2D eigenvalue weighted by Crippen LogP contribution is 2.22. The molecule has 0 spiro atoms. The fraction of sp³-hybridized carbons (Fsp3) is 0.571. The lowest BCUT2D eigenvalue weighted by atomic mass is 10.2. The summed E-state index contributed by atoms with van der Waals surface area (Å²) in [6.07, 6.45) is 3.60. The second kappa shape index (κ2) is 8.48. The van der Waals surface area contributed by atoms with Crippen LogP contribution in [0.4, 0.5) is 4.39 Å². The van der Waals surface area contributed by atoms with Crippen LogP contribution in [0.3, 0.4) is 0 Å². The van der Waals surface area contributed by atoms with E-state index in [1.54, 1.807) is 12.1 Å². The third-order valence-electron chi connectivity index (χ3n) is 2.61. The van der Waals surface area contributed by atoms with Crippen LogP contribution in [-0.4, -0.2) is 19.2 Å². The van der Waals surface area contributed by atoms with Crippen LogP contribution in [0.25, 0.3) is 0 Å². The molecule has 1 aromatic carbocycles. The lowest BCUT2D eigenvalue weighted by Crippen LogP contribution is -2.29. The van der Waals surface area contributed by atoms with E-state index < -0.39 is 0 Å². The lowest BCUT2D eigenvalue weighted by molar-refractivity contribution is 0.207. The summed E-state index contributed by atoms with van der Waals surface area (Å²) >= 11 is 3.22. The maximum atomic E-state index is 13.5. The van der Waals surface area contributed by atoms with Gasteiger partial charge in [0.15, 0.2) is 11.6 Å². The van der Waals surface area contributed by atoms with Gasteiger partial charge in [-0.1, -0.05) is 35.7 Å². The summed E-state index contributed by atoms with van der Waals surface area (Å²) in [5.74, 6) is -0.0248. The average molecular weight is 318 g/mol. The Morgan fingerprint density at radius 2 is 2.17 bits per heavy atom. The highest BCUT2D eigenvalue weighted by atomic mass is 79.9. The van der Waals surface area contributed by atoms with Crippen molar-refractivity contribution in [2.75, 3.05) is 13.1 Å². The minimum absolute atomic E-state index is 0.0395. The monoisotopic (exact) mass is 317 g/mol. The van der Waals surface area contributed by atoms with Gasteiger partial charge in [-0.15, -0.1) is 0 Å². The van der Waals surface area contributed by atoms with Crippen LogP contribution >= 0.6 is 15.9 Å². The zero-order valence-corrected chi connectivity index (χ0v) is 12.6. The molecule has 102 valence electrons. The Kier molecular flexibility index (Phi) is 7.28. The molecule has 1 aromatic rings. The first-order chi connectivity index (χ1) is 8.63. The van der Waals surface area contributed by atoms with Crippen molar-refractivity contribution in [1.82, 2.24) is 5.32 Å². The first-order valence-corrected chi connectivity index (χ1v) is 7.25. The van der Waals surface area contributed by atoms with Crippen molar-refractivity contribution in [3.05, 3.63) is 28.5 Å². The summed E-state index contributed by atoms with van der Waals surface area (Å²) in [6.45, 7) is 5.85. The molecule has 0 aliphatic rings. The molecular weight excluding hydrogens is 297 g/mol. The molecule has 0 bridgehead atoms. The first-order valence-electron chi connectivity index (χ1n) is 6.46. The third-order valence-corrected chi connectivity index (χ3v) is 3.10. The fourth-order valence-corrected chi connectivity index (χ4v) is 1.97. The molecule has 4 heteroatoms. The van der Waals surface area contributed by atoms with E-state index in [-0.39, 0.29) is 11.9 Å². The predicted octanol–water partition coefficient (Wildman–Crippen LogP) is 4.14. The number of benzene rings is 1. The second-order valence-corrected chi connectivity index (χ2v) is 5.33. The fourth-order valence-electron chi connectivity index (χ4n) is 1.63. The standard InChI is InChI=1S/C14H21BrFNO/c1-3-4-5-8-17-10-11(2)18-14-7-6-12(15)9-13(14)16/h6-7,9,11,17H,3-5,8,10H2,1-2H3. The van der Waals surface area contributed by atoms with Crippen LogP contribution in [0.1, 0.15) is 33.1 Å². The van der Waals surface area contributed by atoms with Gasteiger partial charge in [-0.2, -0.15) is 0 Å². The van der Waals surface area contributed by atoms with Crippen LogP contribution in [0.5, 0.6) is 5.75 Å². The Morgan fingerprint density at radius 1 is 1.39 bits per heavy atom. The molecule has 0 saturated carbocycles. The van der Waals surface area contributed by atoms with Crippen LogP contribution in [-0.2, 0) is 0 Å². The van der Waals surface area contributed by atoms with Crippen molar-refractivity contribution in [2.45, 2.75) is 39.2 Å². The van der Waals surface area contributed by atoms with Crippen LogP contribution in [0.15, 0.2) is 22.7 Å². The number of hydrogen-bond acceptors (Lipinski definition) is 2. The van der Waals surface area contributed by atoms with E-state index in [1.807, 2.05) is 6.92 Å². The molecule has 1 atom stereocenters. The van der Waals surface area contributed by atoms with Gasteiger partial charge in [0.1, 0.15) is 6.10 Å². The Morgan fingerprint density at radius 3 is 2.83 bits per heavy atom. The number of nitrogens with one attached hydrogen (secondary N) is 1. The Balaban J connectivity index is 2.28. The molecule has 2 nitrogen and oxygen atoms in total. The molecule has 0 heterocycles. The number of hydrogen-bond donors (Lipinski definition) is 1. The van der Waals surface area contributed by atoms with E-state index in [9.17, 15) is 4.39 Å². The normalized spacial score (nSPS) is 12.4. The Bertz CT molecular complexity index is 360. The van der Waals surface area contributed by atoms with E-state index in [0.29, 0.717) is 5.75 Å². The van der Waals surface area contributed by atoms with Gasteiger partial charge in [0, 0.05) is 11.0 Å². The second-order valence-electron chi connectivity index (χ2n) is 4.41. The lowest BCUT2D eigenvalue weighted by Gasteiger charge is -2.16. The zero-order chi connectivity index (χ0) is 13.4. The van der Waals surface area contributed by atoms with Crippen molar-refractivity contribution in [2.24, 2.45) is 0 Å². The Labute approximate surface area is 117 Å². The van der Waals surface area contributed by atoms with Crippen molar-refractivity contribution in [1.29, 1.82) is 0 Å². The highest BCUT2D eigenvalue weighted by molar-refractivity contribution is 9.10. The van der Waals surface area contributed by atoms with E-state index in [0.717, 1.165) is 17.6 Å². The molecule has 0 aromatic heterocycles. The summed E-state index contributed by atoms with van der Waals surface area (Å²) in [5, 5.41) is 3.31. The molecule has 0 radical (unpaired) electrons. The number of unbranched alkanes of at least 4 members (excludes halogenated alkanes) is 2. The molecule has 0 aliphatic heterocycles. The number of rotatable bonds is 8. The largest absolute Gasteiger partial charge is 0.486 e. The van der Waals surface area contributed by atoms with E-state index in [2.05, 4.69) is 28.2 Å².